The summed E-state index contributed by atoms with van der Waals surface area (Å²) in [5.41, 5.74) is 0.427. The summed E-state index contributed by atoms with van der Waals surface area (Å²) in [6.45, 7) is 4.37. The number of carbonyl (C=O) groups excluding carboxylic acids is 1. The van der Waals surface area contributed by atoms with Gasteiger partial charge in [-0.2, -0.15) is 5.10 Å². The molecular formula is C18H27ClN4O3. The molecule has 0 bridgehead atoms. The molecule has 0 saturated carbocycles. The Kier molecular flexibility index (Phi) is 7.68. The lowest BCUT2D eigenvalue weighted by atomic mass is 10.1. The first kappa shape index (κ1) is 20.5. The second kappa shape index (κ2) is 9.75. The number of nitrogens with one attached hydrogen (secondary N) is 2. The summed E-state index contributed by atoms with van der Waals surface area (Å²) in [4.78, 5) is 12.6. The van der Waals surface area contributed by atoms with Crippen LogP contribution in [0.2, 0.25) is 0 Å². The van der Waals surface area contributed by atoms with Crippen molar-refractivity contribution in [3.63, 3.8) is 0 Å². The number of nitrogens with zero attached hydrogens (tertiary/aromatic N) is 2. The van der Waals surface area contributed by atoms with Crippen LogP contribution in [0.5, 0.6) is 0 Å². The molecule has 8 heteroatoms. The Bertz CT molecular complexity index is 694. The molecule has 1 aliphatic heterocycles. The Balaban J connectivity index is 0.00000243. The van der Waals surface area contributed by atoms with Crippen LogP contribution in [0.3, 0.4) is 0 Å². The number of rotatable bonds is 7. The van der Waals surface area contributed by atoms with E-state index in [9.17, 15) is 4.79 Å². The summed E-state index contributed by atoms with van der Waals surface area (Å²) in [5, 5.41) is 10.8. The SMILES string of the molecule is COCCC(NC(=O)c1ccn(C2CCCNC2)n1)c1ccc(C)o1.Cl. The van der Waals surface area contributed by atoms with Crippen LogP contribution in [0.15, 0.2) is 28.8 Å². The molecule has 144 valence electrons. The molecule has 2 unspecified atom stereocenters. The second-order valence-corrected chi connectivity index (χ2v) is 6.44. The van der Waals surface area contributed by atoms with Gasteiger partial charge in [-0.05, 0) is 50.9 Å². The number of carbonyl (C=O) groups is 1. The van der Waals surface area contributed by atoms with Crippen molar-refractivity contribution in [1.29, 1.82) is 0 Å². The summed E-state index contributed by atoms with van der Waals surface area (Å²) in [6.07, 6.45) is 4.73. The zero-order valence-electron chi connectivity index (χ0n) is 15.2. The van der Waals surface area contributed by atoms with Crippen LogP contribution in [0, 0.1) is 6.92 Å². The number of amides is 1. The van der Waals surface area contributed by atoms with E-state index in [1.165, 1.54) is 0 Å². The average molecular weight is 383 g/mol. The lowest BCUT2D eigenvalue weighted by Crippen LogP contribution is -2.32. The number of hydrogen-bond acceptors (Lipinski definition) is 5. The van der Waals surface area contributed by atoms with Gasteiger partial charge in [0.15, 0.2) is 0 Å². The molecule has 0 aliphatic carbocycles. The maximum Gasteiger partial charge on any atom is 0.272 e. The number of ether oxygens (including phenoxy) is 1. The van der Waals surface area contributed by atoms with E-state index in [4.69, 9.17) is 9.15 Å². The van der Waals surface area contributed by atoms with Gasteiger partial charge in [0.2, 0.25) is 0 Å². The van der Waals surface area contributed by atoms with Crippen molar-refractivity contribution in [2.75, 3.05) is 26.8 Å². The van der Waals surface area contributed by atoms with Gasteiger partial charge >= 0.3 is 0 Å². The minimum absolute atomic E-state index is 0. The molecule has 1 amide bonds. The summed E-state index contributed by atoms with van der Waals surface area (Å²) in [5.74, 6) is 1.36. The minimum atomic E-state index is -0.234. The van der Waals surface area contributed by atoms with Gasteiger partial charge in [0.1, 0.15) is 17.2 Å². The van der Waals surface area contributed by atoms with Crippen LogP contribution in [-0.4, -0.2) is 42.5 Å². The maximum absolute atomic E-state index is 12.6. The lowest BCUT2D eigenvalue weighted by molar-refractivity contribution is 0.0910. The third-order valence-electron chi connectivity index (χ3n) is 4.51. The topological polar surface area (TPSA) is 81.3 Å². The van der Waals surface area contributed by atoms with Gasteiger partial charge in [-0.3, -0.25) is 9.48 Å². The molecule has 2 atom stereocenters. The minimum Gasteiger partial charge on any atom is -0.464 e. The summed E-state index contributed by atoms with van der Waals surface area (Å²) >= 11 is 0. The predicted molar refractivity (Wildman–Crippen MR) is 101 cm³/mol. The van der Waals surface area contributed by atoms with E-state index in [0.717, 1.165) is 37.5 Å². The van der Waals surface area contributed by atoms with Crippen molar-refractivity contribution >= 4 is 18.3 Å². The highest BCUT2D eigenvalue weighted by molar-refractivity contribution is 5.92. The highest BCUT2D eigenvalue weighted by Gasteiger charge is 2.22. The Hall–Kier alpha value is -1.83. The summed E-state index contributed by atoms with van der Waals surface area (Å²) in [6, 6.07) is 5.63. The van der Waals surface area contributed by atoms with E-state index in [1.54, 1.807) is 13.2 Å². The van der Waals surface area contributed by atoms with Gasteiger partial charge < -0.3 is 19.8 Å². The number of piperidine rings is 1. The van der Waals surface area contributed by atoms with E-state index >= 15 is 0 Å². The zero-order chi connectivity index (χ0) is 17.6. The molecule has 2 N–H and O–H groups in total. The van der Waals surface area contributed by atoms with Gasteiger partial charge in [-0.25, -0.2) is 0 Å². The van der Waals surface area contributed by atoms with Gasteiger partial charge in [-0.1, -0.05) is 0 Å². The number of aromatic nitrogens is 2. The normalized spacial score (nSPS) is 18.2. The monoisotopic (exact) mass is 382 g/mol. The number of hydrogen-bond donors (Lipinski definition) is 2. The third-order valence-corrected chi connectivity index (χ3v) is 4.51. The van der Waals surface area contributed by atoms with Crippen molar-refractivity contribution in [2.45, 2.75) is 38.3 Å². The fraction of sp³-hybridized carbons (Fsp3) is 0.556. The summed E-state index contributed by atoms with van der Waals surface area (Å²) in [7, 11) is 1.64. The van der Waals surface area contributed by atoms with E-state index in [0.29, 0.717) is 24.8 Å². The van der Waals surface area contributed by atoms with E-state index in [-0.39, 0.29) is 24.4 Å². The highest BCUT2D eigenvalue weighted by Crippen LogP contribution is 2.21. The van der Waals surface area contributed by atoms with Gasteiger partial charge in [0, 0.05) is 26.5 Å². The van der Waals surface area contributed by atoms with Crippen molar-refractivity contribution in [3.8, 4) is 0 Å². The van der Waals surface area contributed by atoms with Crippen LogP contribution in [0.1, 0.15) is 53.4 Å². The van der Waals surface area contributed by atoms with Crippen molar-refractivity contribution in [1.82, 2.24) is 20.4 Å². The van der Waals surface area contributed by atoms with E-state index < -0.39 is 0 Å². The lowest BCUT2D eigenvalue weighted by Gasteiger charge is -2.23. The van der Waals surface area contributed by atoms with Gasteiger partial charge in [0.25, 0.3) is 5.91 Å². The van der Waals surface area contributed by atoms with Crippen LogP contribution < -0.4 is 10.6 Å². The molecule has 0 radical (unpaired) electrons. The molecule has 0 aromatic carbocycles. The fourth-order valence-electron chi connectivity index (χ4n) is 3.12. The van der Waals surface area contributed by atoms with Crippen molar-refractivity contribution in [3.05, 3.63) is 41.6 Å². The molecule has 3 heterocycles. The quantitative estimate of drug-likeness (QED) is 0.769. The van der Waals surface area contributed by atoms with Crippen LogP contribution in [0.25, 0.3) is 0 Å². The second-order valence-electron chi connectivity index (χ2n) is 6.44. The Morgan fingerprint density at radius 1 is 1.50 bits per heavy atom. The van der Waals surface area contributed by atoms with Gasteiger partial charge in [-0.15, -0.1) is 12.4 Å². The largest absolute Gasteiger partial charge is 0.464 e. The molecule has 2 aromatic heterocycles. The Morgan fingerprint density at radius 3 is 3.00 bits per heavy atom. The molecule has 1 saturated heterocycles. The number of furan rings is 1. The van der Waals surface area contributed by atoms with Gasteiger partial charge in [0.05, 0.1) is 12.1 Å². The van der Waals surface area contributed by atoms with Crippen LogP contribution in [0.4, 0.5) is 0 Å². The fourth-order valence-corrected chi connectivity index (χ4v) is 3.12. The van der Waals surface area contributed by atoms with Crippen LogP contribution in [-0.2, 0) is 4.74 Å². The molecule has 1 fully saturated rings. The number of methoxy groups -OCH3 is 1. The number of aryl methyl sites for hydroxylation is 1. The molecule has 0 spiro atoms. The highest BCUT2D eigenvalue weighted by atomic mass is 35.5. The Labute approximate surface area is 159 Å². The smallest absolute Gasteiger partial charge is 0.272 e. The Morgan fingerprint density at radius 2 is 2.35 bits per heavy atom. The molecule has 1 aliphatic rings. The van der Waals surface area contributed by atoms with E-state index in [2.05, 4.69) is 15.7 Å². The maximum atomic E-state index is 12.6. The molecule has 26 heavy (non-hydrogen) atoms. The molecule has 2 aromatic rings. The first-order valence-corrected chi connectivity index (χ1v) is 8.79. The first-order chi connectivity index (χ1) is 12.2. The standard InChI is InChI=1S/C18H26N4O3.ClH/c1-13-5-6-17(25-13)15(8-11-24-2)20-18(23)16-7-10-22(21-16)14-4-3-9-19-12-14;/h5-7,10,14-15,19H,3-4,8-9,11-12H2,1-2H3,(H,20,23);1H. The first-order valence-electron chi connectivity index (χ1n) is 8.79. The average Bonchev–Trinajstić information content (AvgIpc) is 3.28. The number of halogens is 1. The van der Waals surface area contributed by atoms with Crippen LogP contribution >= 0.6 is 12.4 Å². The molecule has 7 nitrogen and oxygen atoms in total. The van der Waals surface area contributed by atoms with E-state index in [1.807, 2.05) is 29.9 Å². The predicted octanol–water partition coefficient (Wildman–Crippen LogP) is 2.64. The van der Waals surface area contributed by atoms with Crippen molar-refractivity contribution < 1.29 is 13.9 Å². The third kappa shape index (κ3) is 5.09. The molecular weight excluding hydrogens is 356 g/mol. The van der Waals surface area contributed by atoms with Crippen molar-refractivity contribution in [2.24, 2.45) is 0 Å². The zero-order valence-corrected chi connectivity index (χ0v) is 16.1. The molecule has 3 rings (SSSR count). The summed E-state index contributed by atoms with van der Waals surface area (Å²) < 4.78 is 12.7.